The number of benzene rings is 1. The minimum absolute atomic E-state index is 0.411. The molecule has 2 atom stereocenters. The summed E-state index contributed by atoms with van der Waals surface area (Å²) in [6.07, 6.45) is 3.88. The van der Waals surface area contributed by atoms with Gasteiger partial charge in [-0.1, -0.05) is 24.9 Å². The molecule has 7 nitrogen and oxygen atoms in total. The monoisotopic (exact) mass is 413 g/mol. The van der Waals surface area contributed by atoms with Crippen molar-refractivity contribution in [2.75, 3.05) is 30.4 Å². The molecule has 2 unspecified atom stereocenters. The zero-order valence-electron chi connectivity index (χ0n) is 17.4. The van der Waals surface area contributed by atoms with Gasteiger partial charge in [0, 0.05) is 36.9 Å². The summed E-state index contributed by atoms with van der Waals surface area (Å²) in [7, 11) is 4.04. The second-order valence-electron chi connectivity index (χ2n) is 7.77. The van der Waals surface area contributed by atoms with Gasteiger partial charge in [-0.3, -0.25) is 4.68 Å². The van der Waals surface area contributed by atoms with Crippen molar-refractivity contribution in [3.05, 3.63) is 35.1 Å². The molecule has 1 aliphatic heterocycles. The highest BCUT2D eigenvalue weighted by atomic mass is 35.5. The molecule has 4 rings (SSSR count). The van der Waals surface area contributed by atoms with E-state index < -0.39 is 0 Å². The van der Waals surface area contributed by atoms with Crippen LogP contribution in [-0.2, 0) is 7.05 Å². The smallest absolute Gasteiger partial charge is 0.229 e. The summed E-state index contributed by atoms with van der Waals surface area (Å²) in [5.41, 5.74) is 2.99. The van der Waals surface area contributed by atoms with E-state index in [1.54, 1.807) is 6.20 Å². The van der Waals surface area contributed by atoms with E-state index >= 15 is 0 Å². The van der Waals surface area contributed by atoms with Gasteiger partial charge < -0.3 is 15.5 Å². The van der Waals surface area contributed by atoms with Gasteiger partial charge in [0.05, 0.1) is 11.7 Å². The first-order valence-electron chi connectivity index (χ1n) is 10.1. The van der Waals surface area contributed by atoms with Gasteiger partial charge in [0.15, 0.2) is 5.82 Å². The van der Waals surface area contributed by atoms with Crippen LogP contribution in [0.1, 0.15) is 25.5 Å². The number of rotatable bonds is 5. The first-order chi connectivity index (χ1) is 14.0. The van der Waals surface area contributed by atoms with E-state index in [1.165, 1.54) is 0 Å². The highest BCUT2D eigenvalue weighted by Crippen LogP contribution is 2.30. The Kier molecular flexibility index (Phi) is 5.61. The highest BCUT2D eigenvalue weighted by molar-refractivity contribution is 6.32. The lowest BCUT2D eigenvalue weighted by molar-refractivity contribution is 0.309. The molecule has 1 aromatic carbocycles. The van der Waals surface area contributed by atoms with E-state index in [2.05, 4.69) is 52.6 Å². The SMILES string of the molecule is CCC1CNCCC1N(C)c1nc(Nc2ccc3c(C)n(C)nc3c2)ncc1Cl. The van der Waals surface area contributed by atoms with Gasteiger partial charge in [0.2, 0.25) is 5.95 Å². The Bertz CT molecular complexity index is 1020. The van der Waals surface area contributed by atoms with E-state index in [-0.39, 0.29) is 0 Å². The van der Waals surface area contributed by atoms with Gasteiger partial charge in [-0.05, 0) is 50.6 Å². The Morgan fingerprint density at radius 2 is 2.21 bits per heavy atom. The molecule has 3 heterocycles. The van der Waals surface area contributed by atoms with E-state index in [9.17, 15) is 0 Å². The summed E-state index contributed by atoms with van der Waals surface area (Å²) in [6, 6.07) is 6.53. The molecule has 0 amide bonds. The van der Waals surface area contributed by atoms with Crippen molar-refractivity contribution < 1.29 is 0 Å². The van der Waals surface area contributed by atoms with Crippen molar-refractivity contribution in [1.82, 2.24) is 25.1 Å². The third kappa shape index (κ3) is 3.89. The second-order valence-corrected chi connectivity index (χ2v) is 8.18. The molecule has 154 valence electrons. The lowest BCUT2D eigenvalue weighted by Crippen LogP contribution is -2.48. The van der Waals surface area contributed by atoms with Crippen LogP contribution in [0.3, 0.4) is 0 Å². The molecule has 0 bridgehead atoms. The van der Waals surface area contributed by atoms with Crippen LogP contribution in [0, 0.1) is 12.8 Å². The van der Waals surface area contributed by atoms with Crippen molar-refractivity contribution in [3.8, 4) is 0 Å². The predicted octanol–water partition coefficient (Wildman–Crippen LogP) is 3.89. The number of hydrogen-bond acceptors (Lipinski definition) is 6. The molecule has 29 heavy (non-hydrogen) atoms. The summed E-state index contributed by atoms with van der Waals surface area (Å²) in [6.45, 7) is 6.35. The Labute approximate surface area is 176 Å². The van der Waals surface area contributed by atoms with Crippen LogP contribution in [0.15, 0.2) is 24.4 Å². The summed E-state index contributed by atoms with van der Waals surface area (Å²) in [5, 5.41) is 13.1. The lowest BCUT2D eigenvalue weighted by atomic mass is 9.90. The maximum absolute atomic E-state index is 6.48. The minimum Gasteiger partial charge on any atom is -0.355 e. The number of nitrogens with one attached hydrogen (secondary N) is 2. The molecule has 1 fully saturated rings. The molecule has 3 aromatic rings. The van der Waals surface area contributed by atoms with E-state index in [4.69, 9.17) is 16.6 Å². The summed E-state index contributed by atoms with van der Waals surface area (Å²) < 4.78 is 1.89. The Morgan fingerprint density at radius 1 is 1.38 bits per heavy atom. The zero-order chi connectivity index (χ0) is 20.5. The maximum atomic E-state index is 6.48. The fourth-order valence-corrected chi connectivity index (χ4v) is 4.42. The Balaban J connectivity index is 1.59. The second kappa shape index (κ2) is 8.16. The van der Waals surface area contributed by atoms with E-state index in [0.29, 0.717) is 22.9 Å². The average Bonchev–Trinajstić information content (AvgIpc) is 3.02. The van der Waals surface area contributed by atoms with Crippen LogP contribution in [0.25, 0.3) is 10.9 Å². The largest absolute Gasteiger partial charge is 0.355 e. The molecule has 2 aromatic heterocycles. The van der Waals surface area contributed by atoms with Gasteiger partial charge in [-0.2, -0.15) is 10.1 Å². The summed E-state index contributed by atoms with van der Waals surface area (Å²) in [5.74, 6) is 1.88. The first-order valence-corrected chi connectivity index (χ1v) is 10.5. The Morgan fingerprint density at radius 3 is 3.00 bits per heavy atom. The van der Waals surface area contributed by atoms with Crippen LogP contribution in [0.2, 0.25) is 5.02 Å². The molecule has 0 radical (unpaired) electrons. The predicted molar refractivity (Wildman–Crippen MR) is 119 cm³/mol. The zero-order valence-corrected chi connectivity index (χ0v) is 18.2. The molecule has 1 saturated heterocycles. The van der Waals surface area contributed by atoms with Crippen molar-refractivity contribution in [1.29, 1.82) is 0 Å². The van der Waals surface area contributed by atoms with Crippen molar-refractivity contribution in [2.45, 2.75) is 32.7 Å². The lowest BCUT2D eigenvalue weighted by Gasteiger charge is -2.39. The van der Waals surface area contributed by atoms with E-state index in [0.717, 1.165) is 54.0 Å². The van der Waals surface area contributed by atoms with E-state index in [1.807, 2.05) is 23.9 Å². The molecule has 8 heteroatoms. The Hall–Kier alpha value is -2.38. The highest BCUT2D eigenvalue weighted by Gasteiger charge is 2.29. The molecule has 0 aliphatic carbocycles. The number of aromatic nitrogens is 4. The fraction of sp³-hybridized carbons (Fsp3) is 0.476. The molecule has 1 aliphatic rings. The number of nitrogens with zero attached hydrogens (tertiary/aromatic N) is 5. The number of piperidine rings is 1. The third-order valence-corrected chi connectivity index (χ3v) is 6.30. The standard InChI is InChI=1S/C21H28ClN7/c1-5-14-11-23-9-8-19(14)28(3)20-17(22)12-24-21(26-20)25-15-6-7-16-13(2)29(4)27-18(16)10-15/h6-7,10,12,14,19,23H,5,8-9,11H2,1-4H3,(H,24,25,26). The quantitative estimate of drug-likeness (QED) is 0.661. The molecular formula is C21H28ClN7. The third-order valence-electron chi connectivity index (χ3n) is 6.04. The first kappa shape index (κ1) is 19.9. The normalized spacial score (nSPS) is 19.5. The van der Waals surface area contributed by atoms with Crippen LogP contribution in [0.5, 0.6) is 0 Å². The molecule has 0 spiro atoms. The topological polar surface area (TPSA) is 70.9 Å². The molecule has 2 N–H and O–H groups in total. The number of fused-ring (bicyclic) bond motifs is 1. The number of halogens is 1. The number of hydrogen-bond donors (Lipinski definition) is 2. The van der Waals surface area contributed by atoms with Crippen LogP contribution in [-0.4, -0.2) is 45.9 Å². The number of anilines is 3. The minimum atomic E-state index is 0.411. The van der Waals surface area contributed by atoms with Crippen LogP contribution < -0.4 is 15.5 Å². The van der Waals surface area contributed by atoms with Gasteiger partial charge in [-0.25, -0.2) is 4.98 Å². The van der Waals surface area contributed by atoms with Crippen molar-refractivity contribution in [2.24, 2.45) is 13.0 Å². The van der Waals surface area contributed by atoms with Crippen LogP contribution >= 0.6 is 11.6 Å². The van der Waals surface area contributed by atoms with Gasteiger partial charge >= 0.3 is 0 Å². The van der Waals surface area contributed by atoms with Gasteiger partial charge in [0.25, 0.3) is 0 Å². The summed E-state index contributed by atoms with van der Waals surface area (Å²) >= 11 is 6.48. The van der Waals surface area contributed by atoms with Gasteiger partial charge in [0.1, 0.15) is 5.02 Å². The molecular weight excluding hydrogens is 386 g/mol. The number of aryl methyl sites for hydroxylation is 2. The molecule has 0 saturated carbocycles. The van der Waals surface area contributed by atoms with Crippen LogP contribution in [0.4, 0.5) is 17.5 Å². The van der Waals surface area contributed by atoms with Crippen molar-refractivity contribution >= 4 is 40.0 Å². The maximum Gasteiger partial charge on any atom is 0.229 e. The van der Waals surface area contributed by atoms with Gasteiger partial charge in [-0.15, -0.1) is 0 Å². The fourth-order valence-electron chi connectivity index (χ4n) is 4.20. The summed E-state index contributed by atoms with van der Waals surface area (Å²) in [4.78, 5) is 11.3. The van der Waals surface area contributed by atoms with Crippen molar-refractivity contribution in [3.63, 3.8) is 0 Å². The average molecular weight is 414 g/mol.